The molecule has 0 aromatic carbocycles. The molecular weight excluding hydrogens is 214 g/mol. The summed E-state index contributed by atoms with van der Waals surface area (Å²) >= 11 is 5.93. The summed E-state index contributed by atoms with van der Waals surface area (Å²) in [5.74, 6) is 0.202. The maximum absolute atomic E-state index is 5.93. The monoisotopic (exact) mass is 223 g/mol. The predicted molar refractivity (Wildman–Crippen MR) is 57.6 cm³/mol. The van der Waals surface area contributed by atoms with Crippen molar-refractivity contribution in [2.45, 2.75) is 25.3 Å². The van der Waals surface area contributed by atoms with Crippen molar-refractivity contribution in [1.29, 1.82) is 0 Å². The fourth-order valence-electron chi connectivity index (χ4n) is 1.83. The molecule has 6 heteroatoms. The second-order valence-electron chi connectivity index (χ2n) is 3.78. The summed E-state index contributed by atoms with van der Waals surface area (Å²) < 4.78 is 2.04. The van der Waals surface area contributed by atoms with Gasteiger partial charge >= 0.3 is 0 Å². The Morgan fingerprint density at radius 1 is 1.40 bits per heavy atom. The smallest absolute Gasteiger partial charge is 0.223 e. The minimum absolute atomic E-state index is 0.202. The lowest BCUT2D eigenvalue weighted by molar-refractivity contribution is 0.319. The Hall–Kier alpha value is -1.36. The topological polar surface area (TPSA) is 69.6 Å². The number of nitrogen functional groups attached to an aromatic ring is 1. The Morgan fingerprint density at radius 2 is 2.20 bits per heavy atom. The van der Waals surface area contributed by atoms with Crippen molar-refractivity contribution < 1.29 is 0 Å². The van der Waals surface area contributed by atoms with Crippen LogP contribution in [0.4, 0.5) is 5.95 Å². The number of fused-ring (bicyclic) bond motifs is 1. The fraction of sp³-hybridized carbons (Fsp3) is 0.444. The number of imidazole rings is 1. The summed E-state index contributed by atoms with van der Waals surface area (Å²) in [5, 5.41) is 0.329. The Labute approximate surface area is 91.3 Å². The lowest BCUT2D eigenvalue weighted by Crippen LogP contribution is -2.16. The molecule has 0 amide bonds. The Balaban J connectivity index is 2.23. The number of halogens is 1. The highest BCUT2D eigenvalue weighted by atomic mass is 35.5. The van der Waals surface area contributed by atoms with E-state index in [1.165, 1.54) is 19.3 Å². The molecule has 0 saturated heterocycles. The number of aromatic nitrogens is 4. The second kappa shape index (κ2) is 3.06. The highest BCUT2D eigenvalue weighted by molar-refractivity contribution is 6.33. The van der Waals surface area contributed by atoms with Crippen LogP contribution in [0.5, 0.6) is 0 Å². The van der Waals surface area contributed by atoms with Gasteiger partial charge in [-0.2, -0.15) is 9.97 Å². The first-order valence-electron chi connectivity index (χ1n) is 4.91. The van der Waals surface area contributed by atoms with Gasteiger partial charge in [-0.1, -0.05) is 11.6 Å². The molecule has 78 valence electrons. The summed E-state index contributed by atoms with van der Waals surface area (Å²) in [6.45, 7) is 0. The van der Waals surface area contributed by atoms with Crippen LogP contribution in [0.3, 0.4) is 0 Å². The lowest BCUT2D eigenvalue weighted by Gasteiger charge is -2.26. The standard InChI is InChI=1S/C9H10ClN5/c10-7-6-8(14-9(11)13-7)15(4-12-6)5-2-1-3-5/h4-5H,1-3H2,(H2,11,13,14). The molecule has 0 spiro atoms. The van der Waals surface area contributed by atoms with Gasteiger partial charge in [-0.05, 0) is 19.3 Å². The van der Waals surface area contributed by atoms with E-state index in [9.17, 15) is 0 Å². The van der Waals surface area contributed by atoms with Crippen molar-refractivity contribution in [2.24, 2.45) is 0 Å². The molecule has 2 heterocycles. The summed E-state index contributed by atoms with van der Waals surface area (Å²) in [7, 11) is 0. The van der Waals surface area contributed by atoms with Crippen molar-refractivity contribution in [3.63, 3.8) is 0 Å². The van der Waals surface area contributed by atoms with Gasteiger partial charge in [0.25, 0.3) is 0 Å². The third kappa shape index (κ3) is 1.26. The van der Waals surface area contributed by atoms with E-state index in [0.29, 0.717) is 16.7 Å². The number of nitrogens with two attached hydrogens (primary N) is 1. The van der Waals surface area contributed by atoms with Crippen LogP contribution in [0.2, 0.25) is 5.15 Å². The quantitative estimate of drug-likeness (QED) is 0.749. The predicted octanol–water partition coefficient (Wildman–Crippen LogP) is 1.79. The average molecular weight is 224 g/mol. The SMILES string of the molecule is Nc1nc(Cl)c2ncn(C3CCC3)c2n1. The van der Waals surface area contributed by atoms with Crippen molar-refractivity contribution in [3.05, 3.63) is 11.5 Å². The van der Waals surface area contributed by atoms with E-state index in [1.807, 2.05) is 4.57 Å². The Bertz CT molecular complexity index is 516. The molecule has 0 bridgehead atoms. The maximum Gasteiger partial charge on any atom is 0.223 e. The lowest BCUT2D eigenvalue weighted by atomic mass is 9.93. The van der Waals surface area contributed by atoms with Crippen LogP contribution in [0.25, 0.3) is 11.2 Å². The van der Waals surface area contributed by atoms with Gasteiger partial charge in [0, 0.05) is 6.04 Å². The van der Waals surface area contributed by atoms with Crippen molar-refractivity contribution in [1.82, 2.24) is 19.5 Å². The number of rotatable bonds is 1. The van der Waals surface area contributed by atoms with E-state index in [0.717, 1.165) is 5.65 Å². The fourth-order valence-corrected chi connectivity index (χ4v) is 2.05. The van der Waals surface area contributed by atoms with Crippen molar-refractivity contribution >= 4 is 28.7 Å². The second-order valence-corrected chi connectivity index (χ2v) is 4.14. The third-order valence-electron chi connectivity index (χ3n) is 2.86. The van der Waals surface area contributed by atoms with E-state index < -0.39 is 0 Å². The van der Waals surface area contributed by atoms with E-state index in [4.69, 9.17) is 17.3 Å². The summed E-state index contributed by atoms with van der Waals surface area (Å²) in [4.78, 5) is 12.3. The maximum atomic E-state index is 5.93. The molecule has 0 atom stereocenters. The first kappa shape index (κ1) is 8.91. The molecule has 1 fully saturated rings. The van der Waals surface area contributed by atoms with Crippen molar-refractivity contribution in [2.75, 3.05) is 5.73 Å². The van der Waals surface area contributed by atoms with Gasteiger partial charge in [-0.15, -0.1) is 0 Å². The van der Waals surface area contributed by atoms with E-state index in [1.54, 1.807) is 6.33 Å². The van der Waals surface area contributed by atoms with Crippen molar-refractivity contribution in [3.8, 4) is 0 Å². The number of hydrogen-bond acceptors (Lipinski definition) is 4. The van der Waals surface area contributed by atoms with Crippen LogP contribution in [-0.4, -0.2) is 19.5 Å². The summed E-state index contributed by atoms with van der Waals surface area (Å²) in [5.41, 5.74) is 6.95. The molecule has 2 N–H and O–H groups in total. The van der Waals surface area contributed by atoms with Crippen LogP contribution >= 0.6 is 11.6 Å². The summed E-state index contributed by atoms with van der Waals surface area (Å²) in [6, 6.07) is 0.500. The molecule has 1 saturated carbocycles. The number of hydrogen-bond donors (Lipinski definition) is 1. The van der Waals surface area contributed by atoms with E-state index in [-0.39, 0.29) is 5.95 Å². The Kier molecular flexibility index (Phi) is 1.82. The molecule has 5 nitrogen and oxygen atoms in total. The van der Waals surface area contributed by atoms with Crippen LogP contribution in [0, 0.1) is 0 Å². The first-order chi connectivity index (χ1) is 7.25. The average Bonchev–Trinajstić information content (AvgIpc) is 2.46. The van der Waals surface area contributed by atoms with Crippen LogP contribution in [0.1, 0.15) is 25.3 Å². The molecule has 2 aromatic heterocycles. The Morgan fingerprint density at radius 3 is 2.87 bits per heavy atom. The zero-order chi connectivity index (χ0) is 10.4. The van der Waals surface area contributed by atoms with Gasteiger partial charge in [0.05, 0.1) is 6.33 Å². The van der Waals surface area contributed by atoms with Gasteiger partial charge in [0.2, 0.25) is 5.95 Å². The van der Waals surface area contributed by atoms with Gasteiger partial charge in [0.15, 0.2) is 10.8 Å². The highest BCUT2D eigenvalue weighted by Gasteiger charge is 2.22. The minimum Gasteiger partial charge on any atom is -0.368 e. The highest BCUT2D eigenvalue weighted by Crippen LogP contribution is 2.34. The zero-order valence-electron chi connectivity index (χ0n) is 8.02. The van der Waals surface area contributed by atoms with E-state index >= 15 is 0 Å². The molecular formula is C9H10ClN5. The first-order valence-corrected chi connectivity index (χ1v) is 5.29. The molecule has 3 rings (SSSR count). The van der Waals surface area contributed by atoms with Gasteiger partial charge in [-0.25, -0.2) is 4.98 Å². The third-order valence-corrected chi connectivity index (χ3v) is 3.13. The van der Waals surface area contributed by atoms with Crippen LogP contribution in [0.15, 0.2) is 6.33 Å². The van der Waals surface area contributed by atoms with Gasteiger partial charge in [-0.3, -0.25) is 0 Å². The molecule has 0 unspecified atom stereocenters. The molecule has 15 heavy (non-hydrogen) atoms. The normalized spacial score (nSPS) is 16.9. The molecule has 0 radical (unpaired) electrons. The van der Waals surface area contributed by atoms with Gasteiger partial charge < -0.3 is 10.3 Å². The van der Waals surface area contributed by atoms with Gasteiger partial charge in [0.1, 0.15) is 5.52 Å². The number of nitrogens with zero attached hydrogens (tertiary/aromatic N) is 4. The van der Waals surface area contributed by atoms with Crippen LogP contribution in [-0.2, 0) is 0 Å². The molecule has 1 aliphatic carbocycles. The minimum atomic E-state index is 0.202. The molecule has 2 aromatic rings. The summed E-state index contributed by atoms with van der Waals surface area (Å²) in [6.07, 6.45) is 5.38. The van der Waals surface area contributed by atoms with E-state index in [2.05, 4.69) is 15.0 Å². The molecule has 1 aliphatic rings. The van der Waals surface area contributed by atoms with Crippen LogP contribution < -0.4 is 5.73 Å². The zero-order valence-corrected chi connectivity index (χ0v) is 8.78. The molecule has 0 aliphatic heterocycles. The largest absolute Gasteiger partial charge is 0.368 e. The number of anilines is 1.